The summed E-state index contributed by atoms with van der Waals surface area (Å²) in [6.07, 6.45) is 4.11. The van der Waals surface area contributed by atoms with Crippen LogP contribution >= 0.6 is 0 Å². The first kappa shape index (κ1) is 14.3. The lowest BCUT2D eigenvalue weighted by Gasteiger charge is -2.09. The van der Waals surface area contributed by atoms with Gasteiger partial charge in [-0.3, -0.25) is 0 Å². The maximum absolute atomic E-state index is 5.32. The standard InChI is InChI=1S/C16H19N5O/c1-3-16-15(12(2)20-22-16)8-18-14-6-4-5-13(7-14)9-21-11-17-10-19-21/h4-7,10-11,18H,3,8-9H2,1-2H3. The molecule has 0 aliphatic rings. The lowest BCUT2D eigenvalue weighted by Crippen LogP contribution is -2.04. The van der Waals surface area contributed by atoms with E-state index < -0.39 is 0 Å². The molecule has 1 aromatic carbocycles. The van der Waals surface area contributed by atoms with E-state index in [-0.39, 0.29) is 0 Å². The molecular formula is C16H19N5O. The summed E-state index contributed by atoms with van der Waals surface area (Å²) in [5, 5.41) is 11.6. The first-order chi connectivity index (χ1) is 10.8. The third kappa shape index (κ3) is 3.16. The predicted octanol–water partition coefficient (Wildman–Crippen LogP) is 2.80. The second kappa shape index (κ2) is 6.43. The molecule has 0 fully saturated rings. The number of benzene rings is 1. The first-order valence-electron chi connectivity index (χ1n) is 7.35. The highest BCUT2D eigenvalue weighted by Gasteiger charge is 2.10. The fraction of sp³-hybridized carbons (Fsp3) is 0.312. The van der Waals surface area contributed by atoms with Gasteiger partial charge < -0.3 is 9.84 Å². The quantitative estimate of drug-likeness (QED) is 0.757. The molecule has 0 amide bonds. The van der Waals surface area contributed by atoms with Gasteiger partial charge in [0.1, 0.15) is 18.4 Å². The van der Waals surface area contributed by atoms with Crippen molar-refractivity contribution in [1.82, 2.24) is 19.9 Å². The van der Waals surface area contributed by atoms with Gasteiger partial charge in [-0.1, -0.05) is 24.2 Å². The molecule has 0 saturated carbocycles. The summed E-state index contributed by atoms with van der Waals surface area (Å²) in [5.41, 5.74) is 4.33. The number of hydrogen-bond acceptors (Lipinski definition) is 5. The Morgan fingerprint density at radius 2 is 2.23 bits per heavy atom. The number of hydrogen-bond donors (Lipinski definition) is 1. The van der Waals surface area contributed by atoms with Gasteiger partial charge in [0.25, 0.3) is 0 Å². The van der Waals surface area contributed by atoms with Gasteiger partial charge >= 0.3 is 0 Å². The topological polar surface area (TPSA) is 68.8 Å². The Kier molecular flexibility index (Phi) is 4.18. The van der Waals surface area contributed by atoms with Crippen molar-refractivity contribution in [3.05, 3.63) is 59.5 Å². The van der Waals surface area contributed by atoms with Crippen molar-refractivity contribution in [2.24, 2.45) is 0 Å². The number of aryl methyl sites for hydroxylation is 2. The summed E-state index contributed by atoms with van der Waals surface area (Å²) in [6, 6.07) is 8.29. The van der Waals surface area contributed by atoms with Crippen LogP contribution < -0.4 is 5.32 Å². The minimum Gasteiger partial charge on any atom is -0.381 e. The van der Waals surface area contributed by atoms with Crippen LogP contribution in [-0.4, -0.2) is 19.9 Å². The monoisotopic (exact) mass is 297 g/mol. The largest absolute Gasteiger partial charge is 0.381 e. The molecule has 3 rings (SSSR count). The van der Waals surface area contributed by atoms with E-state index in [1.54, 1.807) is 17.3 Å². The Morgan fingerprint density at radius 3 is 3.00 bits per heavy atom. The predicted molar refractivity (Wildman–Crippen MR) is 83.5 cm³/mol. The zero-order chi connectivity index (χ0) is 15.4. The van der Waals surface area contributed by atoms with Crippen molar-refractivity contribution in [2.75, 3.05) is 5.32 Å². The molecule has 6 nitrogen and oxygen atoms in total. The van der Waals surface area contributed by atoms with E-state index in [1.165, 1.54) is 5.56 Å². The van der Waals surface area contributed by atoms with Crippen LogP contribution in [0.1, 0.15) is 29.5 Å². The van der Waals surface area contributed by atoms with Crippen molar-refractivity contribution in [3.8, 4) is 0 Å². The average molecular weight is 297 g/mol. The Labute approximate surface area is 129 Å². The van der Waals surface area contributed by atoms with Gasteiger partial charge in [0.15, 0.2) is 0 Å². The van der Waals surface area contributed by atoms with Crippen LogP contribution in [0.3, 0.4) is 0 Å². The third-order valence-electron chi connectivity index (χ3n) is 3.59. The summed E-state index contributed by atoms with van der Waals surface area (Å²) >= 11 is 0. The van der Waals surface area contributed by atoms with Gasteiger partial charge in [-0.15, -0.1) is 0 Å². The summed E-state index contributed by atoms with van der Waals surface area (Å²) in [4.78, 5) is 3.96. The molecule has 0 spiro atoms. The molecule has 3 aromatic rings. The van der Waals surface area contributed by atoms with Crippen molar-refractivity contribution in [2.45, 2.75) is 33.4 Å². The van der Waals surface area contributed by atoms with Crippen LogP contribution in [-0.2, 0) is 19.5 Å². The summed E-state index contributed by atoms with van der Waals surface area (Å²) in [7, 11) is 0. The van der Waals surface area contributed by atoms with Gasteiger partial charge in [-0.2, -0.15) is 5.10 Å². The highest BCUT2D eigenvalue weighted by Crippen LogP contribution is 2.17. The first-order valence-corrected chi connectivity index (χ1v) is 7.35. The highest BCUT2D eigenvalue weighted by atomic mass is 16.5. The van der Waals surface area contributed by atoms with Crippen LogP contribution in [0.25, 0.3) is 0 Å². The van der Waals surface area contributed by atoms with Crippen molar-refractivity contribution < 1.29 is 4.52 Å². The van der Waals surface area contributed by atoms with E-state index in [2.05, 4.69) is 45.7 Å². The summed E-state index contributed by atoms with van der Waals surface area (Å²) in [5.74, 6) is 0.948. The number of rotatable bonds is 6. The van der Waals surface area contributed by atoms with Crippen molar-refractivity contribution in [1.29, 1.82) is 0 Å². The van der Waals surface area contributed by atoms with Gasteiger partial charge in [-0.05, 0) is 24.6 Å². The molecule has 0 atom stereocenters. The van der Waals surface area contributed by atoms with E-state index in [1.807, 2.05) is 13.0 Å². The Bertz CT molecular complexity index is 733. The van der Waals surface area contributed by atoms with Crippen LogP contribution in [0.4, 0.5) is 5.69 Å². The molecule has 2 aromatic heterocycles. The minimum atomic E-state index is 0.710. The Balaban J connectivity index is 1.69. The Hall–Kier alpha value is -2.63. The Morgan fingerprint density at radius 1 is 1.32 bits per heavy atom. The molecule has 0 bridgehead atoms. The van der Waals surface area contributed by atoms with Crippen LogP contribution in [0.5, 0.6) is 0 Å². The molecule has 0 unspecified atom stereocenters. The number of anilines is 1. The van der Waals surface area contributed by atoms with Crippen molar-refractivity contribution in [3.63, 3.8) is 0 Å². The van der Waals surface area contributed by atoms with E-state index in [9.17, 15) is 0 Å². The van der Waals surface area contributed by atoms with Gasteiger partial charge in [0.05, 0.1) is 12.2 Å². The summed E-state index contributed by atoms with van der Waals surface area (Å²) in [6.45, 7) is 5.47. The minimum absolute atomic E-state index is 0.710. The van der Waals surface area contributed by atoms with Crippen LogP contribution in [0, 0.1) is 6.92 Å². The molecule has 2 heterocycles. The summed E-state index contributed by atoms with van der Waals surface area (Å²) < 4.78 is 7.12. The molecular weight excluding hydrogens is 278 g/mol. The molecule has 1 N–H and O–H groups in total. The van der Waals surface area contributed by atoms with Crippen molar-refractivity contribution >= 4 is 5.69 Å². The fourth-order valence-corrected chi connectivity index (χ4v) is 2.41. The molecule has 22 heavy (non-hydrogen) atoms. The third-order valence-corrected chi connectivity index (χ3v) is 3.59. The van der Waals surface area contributed by atoms with Crippen LogP contribution in [0.15, 0.2) is 41.4 Å². The SMILES string of the molecule is CCc1onc(C)c1CNc1cccc(Cn2cncn2)c1. The average Bonchev–Trinajstić information content (AvgIpc) is 3.15. The lowest BCUT2D eigenvalue weighted by atomic mass is 10.1. The molecule has 114 valence electrons. The van der Waals surface area contributed by atoms with E-state index >= 15 is 0 Å². The molecule has 0 saturated heterocycles. The number of nitrogens with one attached hydrogen (secondary N) is 1. The number of nitrogens with zero attached hydrogens (tertiary/aromatic N) is 4. The molecule has 0 radical (unpaired) electrons. The zero-order valence-electron chi connectivity index (χ0n) is 12.8. The lowest BCUT2D eigenvalue weighted by molar-refractivity contribution is 0.382. The van der Waals surface area contributed by atoms with Gasteiger partial charge in [0.2, 0.25) is 0 Å². The van der Waals surface area contributed by atoms with E-state index in [0.717, 1.165) is 29.1 Å². The molecule has 0 aliphatic heterocycles. The van der Waals surface area contributed by atoms with Gasteiger partial charge in [0, 0.05) is 24.2 Å². The highest BCUT2D eigenvalue weighted by molar-refractivity contribution is 5.46. The second-order valence-electron chi connectivity index (χ2n) is 5.17. The van der Waals surface area contributed by atoms with Crippen LogP contribution in [0.2, 0.25) is 0 Å². The fourth-order valence-electron chi connectivity index (χ4n) is 2.41. The smallest absolute Gasteiger partial charge is 0.141 e. The zero-order valence-corrected chi connectivity index (χ0v) is 12.8. The van der Waals surface area contributed by atoms with E-state index in [4.69, 9.17) is 4.52 Å². The second-order valence-corrected chi connectivity index (χ2v) is 5.17. The number of aromatic nitrogens is 4. The maximum Gasteiger partial charge on any atom is 0.141 e. The normalized spacial score (nSPS) is 10.8. The van der Waals surface area contributed by atoms with Gasteiger partial charge in [-0.25, -0.2) is 9.67 Å². The molecule has 6 heteroatoms. The maximum atomic E-state index is 5.32. The molecule has 0 aliphatic carbocycles. The van der Waals surface area contributed by atoms with E-state index in [0.29, 0.717) is 13.1 Å².